The molecular formula is C15H21NO2. The highest BCUT2D eigenvalue weighted by molar-refractivity contribution is 5.80. The molecule has 0 aliphatic heterocycles. The monoisotopic (exact) mass is 247 g/mol. The molecule has 0 fully saturated rings. The molecule has 0 aromatic heterocycles. The van der Waals surface area contributed by atoms with Crippen LogP contribution in [0.25, 0.3) is 0 Å². The minimum Gasteiger partial charge on any atom is -0.388 e. The van der Waals surface area contributed by atoms with Crippen molar-refractivity contribution < 1.29 is 9.90 Å². The molecule has 1 aromatic carbocycles. The lowest BCUT2D eigenvalue weighted by atomic mass is 10.0. The van der Waals surface area contributed by atoms with Crippen LogP contribution in [0, 0.1) is 5.92 Å². The van der Waals surface area contributed by atoms with E-state index in [-0.39, 0.29) is 11.8 Å². The maximum Gasteiger partial charge on any atom is 0.223 e. The minimum atomic E-state index is -0.804. The summed E-state index contributed by atoms with van der Waals surface area (Å²) in [5.41, 5.74) is 1.75. The average Bonchev–Trinajstić information content (AvgIpc) is 2.80. The Morgan fingerprint density at radius 3 is 2.44 bits per heavy atom. The molecule has 0 saturated carbocycles. The molecule has 18 heavy (non-hydrogen) atoms. The second kappa shape index (κ2) is 5.11. The highest BCUT2D eigenvalue weighted by Gasteiger charge is 2.28. The van der Waals surface area contributed by atoms with Crippen molar-refractivity contribution in [3.63, 3.8) is 0 Å². The third-order valence-electron chi connectivity index (χ3n) is 3.83. The van der Waals surface area contributed by atoms with Gasteiger partial charge in [0.1, 0.15) is 0 Å². The first-order chi connectivity index (χ1) is 8.52. The summed E-state index contributed by atoms with van der Waals surface area (Å²) in [6, 6.07) is 8.21. The van der Waals surface area contributed by atoms with Crippen molar-refractivity contribution >= 4 is 5.91 Å². The van der Waals surface area contributed by atoms with Gasteiger partial charge in [-0.25, -0.2) is 0 Å². The summed E-state index contributed by atoms with van der Waals surface area (Å²) >= 11 is 0. The lowest BCUT2D eigenvalue weighted by Crippen LogP contribution is -2.42. The molecule has 0 spiro atoms. The number of benzene rings is 1. The number of nitrogens with one attached hydrogen (secondary N) is 1. The van der Waals surface area contributed by atoms with Gasteiger partial charge in [0, 0.05) is 12.5 Å². The van der Waals surface area contributed by atoms with Gasteiger partial charge in [0.05, 0.1) is 5.60 Å². The Balaban J connectivity index is 1.90. The number of amides is 1. The van der Waals surface area contributed by atoms with Gasteiger partial charge in [-0.2, -0.15) is 0 Å². The minimum absolute atomic E-state index is 0.0232. The van der Waals surface area contributed by atoms with Gasteiger partial charge in [0.2, 0.25) is 5.91 Å². The van der Waals surface area contributed by atoms with Crippen molar-refractivity contribution in [1.82, 2.24) is 5.32 Å². The van der Waals surface area contributed by atoms with Gasteiger partial charge in [-0.3, -0.25) is 4.79 Å². The van der Waals surface area contributed by atoms with E-state index in [0.29, 0.717) is 13.0 Å². The standard InChI is InChI=1S/C15H21NO2/c1-3-15(2,18)10-16-14(17)13-8-11-6-4-5-7-12(11)9-13/h4-7,13,18H,3,8-10H2,1-2H3,(H,16,17). The number of carbonyl (C=O) groups excluding carboxylic acids is 1. The number of rotatable bonds is 4. The summed E-state index contributed by atoms with van der Waals surface area (Å²) < 4.78 is 0. The molecule has 1 amide bonds. The Bertz CT molecular complexity index is 415. The van der Waals surface area contributed by atoms with E-state index in [1.54, 1.807) is 6.92 Å². The molecule has 1 aliphatic carbocycles. The van der Waals surface area contributed by atoms with E-state index in [9.17, 15) is 9.90 Å². The lowest BCUT2D eigenvalue weighted by molar-refractivity contribution is -0.125. The van der Waals surface area contributed by atoms with Gasteiger partial charge in [0.15, 0.2) is 0 Å². The Morgan fingerprint density at radius 1 is 1.39 bits per heavy atom. The summed E-state index contributed by atoms with van der Waals surface area (Å²) in [5, 5.41) is 12.7. The molecule has 2 N–H and O–H groups in total. The molecule has 2 rings (SSSR count). The van der Waals surface area contributed by atoms with E-state index in [0.717, 1.165) is 12.8 Å². The van der Waals surface area contributed by atoms with Gasteiger partial charge in [-0.1, -0.05) is 31.2 Å². The molecule has 3 nitrogen and oxygen atoms in total. The first-order valence-electron chi connectivity index (χ1n) is 6.59. The summed E-state index contributed by atoms with van der Waals surface area (Å²) in [6.07, 6.45) is 2.27. The van der Waals surface area contributed by atoms with Gasteiger partial charge in [0.25, 0.3) is 0 Å². The van der Waals surface area contributed by atoms with E-state index in [2.05, 4.69) is 17.4 Å². The number of hydrogen-bond acceptors (Lipinski definition) is 2. The van der Waals surface area contributed by atoms with Crippen molar-refractivity contribution in [2.24, 2.45) is 5.92 Å². The molecule has 1 aromatic rings. The molecule has 0 bridgehead atoms. The largest absolute Gasteiger partial charge is 0.388 e. The molecule has 1 unspecified atom stereocenters. The van der Waals surface area contributed by atoms with Crippen molar-refractivity contribution in [2.75, 3.05) is 6.54 Å². The third-order valence-corrected chi connectivity index (χ3v) is 3.83. The molecular weight excluding hydrogens is 226 g/mol. The lowest BCUT2D eigenvalue weighted by Gasteiger charge is -2.22. The second-order valence-electron chi connectivity index (χ2n) is 5.44. The quantitative estimate of drug-likeness (QED) is 0.850. The Kier molecular flexibility index (Phi) is 3.71. The highest BCUT2D eigenvalue weighted by atomic mass is 16.3. The van der Waals surface area contributed by atoms with Crippen LogP contribution in [0.5, 0.6) is 0 Å². The first kappa shape index (κ1) is 13.1. The van der Waals surface area contributed by atoms with Crippen molar-refractivity contribution in [1.29, 1.82) is 0 Å². The van der Waals surface area contributed by atoms with Crippen LogP contribution >= 0.6 is 0 Å². The van der Waals surface area contributed by atoms with Crippen LogP contribution in [0.4, 0.5) is 0 Å². The smallest absolute Gasteiger partial charge is 0.223 e. The predicted molar refractivity (Wildman–Crippen MR) is 71.3 cm³/mol. The number of hydrogen-bond donors (Lipinski definition) is 2. The zero-order valence-corrected chi connectivity index (χ0v) is 11.1. The molecule has 1 aliphatic rings. The average molecular weight is 247 g/mol. The van der Waals surface area contributed by atoms with Crippen LogP contribution in [0.1, 0.15) is 31.4 Å². The summed E-state index contributed by atoms with van der Waals surface area (Å²) in [4.78, 5) is 12.1. The van der Waals surface area contributed by atoms with E-state index < -0.39 is 5.60 Å². The SMILES string of the molecule is CCC(C)(O)CNC(=O)C1Cc2ccccc2C1. The maximum atomic E-state index is 12.1. The first-order valence-corrected chi connectivity index (χ1v) is 6.59. The zero-order chi connectivity index (χ0) is 13.2. The normalized spacial score (nSPS) is 18.2. The Morgan fingerprint density at radius 2 is 1.94 bits per heavy atom. The second-order valence-corrected chi connectivity index (χ2v) is 5.44. The molecule has 0 radical (unpaired) electrons. The number of aliphatic hydroxyl groups is 1. The van der Waals surface area contributed by atoms with E-state index in [1.807, 2.05) is 19.1 Å². The fourth-order valence-corrected chi connectivity index (χ4v) is 2.29. The topological polar surface area (TPSA) is 49.3 Å². The molecule has 0 saturated heterocycles. The summed E-state index contributed by atoms with van der Waals surface area (Å²) in [7, 11) is 0. The third kappa shape index (κ3) is 2.91. The van der Waals surface area contributed by atoms with Crippen LogP contribution < -0.4 is 5.32 Å². The molecule has 3 heteroatoms. The molecule has 98 valence electrons. The van der Waals surface area contributed by atoms with Gasteiger partial charge >= 0.3 is 0 Å². The molecule has 1 atom stereocenters. The van der Waals surface area contributed by atoms with Gasteiger partial charge in [-0.15, -0.1) is 0 Å². The van der Waals surface area contributed by atoms with Crippen LogP contribution in [0.3, 0.4) is 0 Å². The number of carbonyl (C=O) groups is 1. The van der Waals surface area contributed by atoms with E-state index in [4.69, 9.17) is 0 Å². The Hall–Kier alpha value is -1.35. The summed E-state index contributed by atoms with van der Waals surface area (Å²) in [5.74, 6) is 0.0787. The maximum absolute atomic E-state index is 12.1. The van der Waals surface area contributed by atoms with Crippen molar-refractivity contribution in [3.8, 4) is 0 Å². The van der Waals surface area contributed by atoms with Crippen LogP contribution in [0.15, 0.2) is 24.3 Å². The van der Waals surface area contributed by atoms with E-state index >= 15 is 0 Å². The van der Waals surface area contributed by atoms with Gasteiger partial charge < -0.3 is 10.4 Å². The van der Waals surface area contributed by atoms with Gasteiger partial charge in [-0.05, 0) is 37.3 Å². The predicted octanol–water partition coefficient (Wildman–Crippen LogP) is 1.68. The number of fused-ring (bicyclic) bond motifs is 1. The Labute approximate surface area is 108 Å². The zero-order valence-electron chi connectivity index (χ0n) is 11.1. The fraction of sp³-hybridized carbons (Fsp3) is 0.533. The van der Waals surface area contributed by atoms with Crippen LogP contribution in [0.2, 0.25) is 0 Å². The highest BCUT2D eigenvalue weighted by Crippen LogP contribution is 2.26. The van der Waals surface area contributed by atoms with Crippen LogP contribution in [-0.4, -0.2) is 23.2 Å². The molecule has 0 heterocycles. The van der Waals surface area contributed by atoms with Crippen molar-refractivity contribution in [3.05, 3.63) is 35.4 Å². The van der Waals surface area contributed by atoms with Crippen molar-refractivity contribution in [2.45, 2.75) is 38.7 Å². The van der Waals surface area contributed by atoms with Crippen LogP contribution in [-0.2, 0) is 17.6 Å². The summed E-state index contributed by atoms with van der Waals surface area (Å²) in [6.45, 7) is 3.99. The fourth-order valence-electron chi connectivity index (χ4n) is 2.29. The van der Waals surface area contributed by atoms with E-state index in [1.165, 1.54) is 11.1 Å².